The van der Waals surface area contributed by atoms with Crippen LogP contribution in [0.5, 0.6) is 0 Å². The Labute approximate surface area is 232 Å². The second kappa shape index (κ2) is 9.54. The highest BCUT2D eigenvalue weighted by Crippen LogP contribution is 2.49. The van der Waals surface area contributed by atoms with E-state index >= 15 is 4.39 Å². The first-order valence-corrected chi connectivity index (χ1v) is 14.1. The van der Waals surface area contributed by atoms with Gasteiger partial charge in [0.25, 0.3) is 0 Å². The normalized spacial score (nSPS) is 20.9. The highest BCUT2D eigenvalue weighted by molar-refractivity contribution is 7.84. The van der Waals surface area contributed by atoms with Gasteiger partial charge in [-0.25, -0.2) is 22.7 Å². The van der Waals surface area contributed by atoms with E-state index in [0.717, 1.165) is 0 Å². The maximum Gasteiger partial charge on any atom is 0.419 e. The number of aromatic amines is 1. The van der Waals surface area contributed by atoms with Gasteiger partial charge in [0.05, 0.1) is 57.5 Å². The number of imidazole rings is 1. The van der Waals surface area contributed by atoms with E-state index < -0.39 is 62.9 Å². The summed E-state index contributed by atoms with van der Waals surface area (Å²) in [6.07, 6.45) is 0.0527. The van der Waals surface area contributed by atoms with Gasteiger partial charge >= 0.3 is 6.18 Å². The fourth-order valence-electron chi connectivity index (χ4n) is 4.85. The lowest BCUT2D eigenvalue weighted by molar-refractivity contribution is -0.139. The Hall–Kier alpha value is -3.46. The van der Waals surface area contributed by atoms with Crippen LogP contribution in [-0.4, -0.2) is 45.6 Å². The molecule has 1 aromatic carbocycles. The van der Waals surface area contributed by atoms with Crippen molar-refractivity contribution in [2.75, 3.05) is 5.32 Å². The second-order valence-corrected chi connectivity index (χ2v) is 13.5. The van der Waals surface area contributed by atoms with Crippen molar-refractivity contribution >= 4 is 39.3 Å². The highest BCUT2D eigenvalue weighted by atomic mass is 32.2. The molecule has 2 fully saturated rings. The zero-order valence-corrected chi connectivity index (χ0v) is 23.0. The van der Waals surface area contributed by atoms with Crippen molar-refractivity contribution in [3.05, 3.63) is 41.7 Å². The number of nitrogens with one attached hydrogen (secondary N) is 3. The smallest absolute Gasteiger partial charge is 0.309 e. The van der Waals surface area contributed by atoms with Gasteiger partial charge < -0.3 is 9.72 Å². The lowest BCUT2D eigenvalue weighted by Gasteiger charge is -2.27. The number of hydrogen-bond donors (Lipinski definition) is 3. The van der Waals surface area contributed by atoms with Crippen molar-refractivity contribution < 1.29 is 31.0 Å². The van der Waals surface area contributed by atoms with Crippen LogP contribution in [0.1, 0.15) is 57.2 Å². The number of rotatable bonds is 7. The molecule has 9 nitrogen and oxygen atoms in total. The number of halogens is 5. The molecular formula is C26H26F5N7O2S. The number of aromatic nitrogens is 5. The number of H-pyrrole nitrogens is 1. The van der Waals surface area contributed by atoms with Gasteiger partial charge in [-0.05, 0) is 46.0 Å². The molecule has 6 rings (SSSR count). The third kappa shape index (κ3) is 5.09. The topological polar surface area (TPSA) is 117 Å². The lowest BCUT2D eigenvalue weighted by atomic mass is 9.91. The number of amides is 1. The van der Waals surface area contributed by atoms with Crippen LogP contribution in [0.15, 0.2) is 24.8 Å². The number of alkyl halides is 4. The standard InChI is InChI=1S/C26H26F5N7O2S/c1-25(2,3)41(40)37-22(11-4-5-11)19-21(28)20(26(29,30)31)18(13-7-33-36-23(13)19)15-9-38-10-16(34-17(38)8-32-15)35-24(39)12-6-14(12)27/h7-12,14,22,37H,4-6H2,1-3H3,(H,33,36)(H,35,39). The summed E-state index contributed by atoms with van der Waals surface area (Å²) >= 11 is 0. The number of benzene rings is 1. The molecule has 3 N–H and O–H groups in total. The van der Waals surface area contributed by atoms with Crippen molar-refractivity contribution in [3.8, 4) is 11.3 Å². The van der Waals surface area contributed by atoms with Gasteiger partial charge in [-0.15, -0.1) is 0 Å². The van der Waals surface area contributed by atoms with E-state index in [1.807, 2.05) is 0 Å². The molecular weight excluding hydrogens is 569 g/mol. The van der Waals surface area contributed by atoms with Crippen LogP contribution in [0.3, 0.4) is 0 Å². The molecule has 0 radical (unpaired) electrons. The quantitative estimate of drug-likeness (QED) is 0.253. The largest absolute Gasteiger partial charge is 0.419 e. The molecule has 4 unspecified atom stereocenters. The van der Waals surface area contributed by atoms with Gasteiger partial charge in [0.15, 0.2) is 11.5 Å². The summed E-state index contributed by atoms with van der Waals surface area (Å²) in [4.78, 5) is 20.4. The molecule has 2 aliphatic rings. The van der Waals surface area contributed by atoms with Crippen LogP contribution in [0, 0.1) is 17.7 Å². The Balaban J connectivity index is 1.48. The Morgan fingerprint density at radius 1 is 1.20 bits per heavy atom. The third-order valence-corrected chi connectivity index (χ3v) is 8.84. The molecule has 0 saturated heterocycles. The van der Waals surface area contributed by atoms with E-state index in [9.17, 15) is 26.6 Å². The molecule has 2 aliphatic carbocycles. The van der Waals surface area contributed by atoms with Crippen LogP contribution < -0.4 is 10.0 Å². The van der Waals surface area contributed by atoms with Crippen molar-refractivity contribution in [2.45, 2.75) is 63.2 Å². The molecule has 3 aromatic heterocycles. The first-order chi connectivity index (χ1) is 19.2. The Morgan fingerprint density at radius 2 is 1.90 bits per heavy atom. The van der Waals surface area contributed by atoms with Gasteiger partial charge in [0.2, 0.25) is 5.91 Å². The zero-order chi connectivity index (χ0) is 29.4. The second-order valence-electron chi connectivity index (χ2n) is 11.5. The van der Waals surface area contributed by atoms with E-state index in [-0.39, 0.29) is 46.0 Å². The summed E-state index contributed by atoms with van der Waals surface area (Å²) in [5.74, 6) is -2.92. The maximum absolute atomic E-state index is 16.3. The third-order valence-electron chi connectivity index (χ3n) is 7.26. The summed E-state index contributed by atoms with van der Waals surface area (Å²) in [5.41, 5.74) is -2.27. The van der Waals surface area contributed by atoms with E-state index in [0.29, 0.717) is 12.8 Å². The molecule has 4 atom stereocenters. The molecule has 3 heterocycles. The molecule has 1 amide bonds. The van der Waals surface area contributed by atoms with Gasteiger partial charge in [-0.3, -0.25) is 14.9 Å². The molecule has 0 spiro atoms. The average molecular weight is 596 g/mol. The fourth-order valence-corrected chi connectivity index (χ4v) is 5.74. The minimum atomic E-state index is -5.12. The van der Waals surface area contributed by atoms with Crippen molar-refractivity contribution in [1.82, 2.24) is 29.3 Å². The molecule has 2 saturated carbocycles. The van der Waals surface area contributed by atoms with E-state index in [1.165, 1.54) is 29.2 Å². The van der Waals surface area contributed by atoms with Crippen LogP contribution in [-0.2, 0) is 22.0 Å². The number of carbonyl (C=O) groups is 1. The molecule has 0 bridgehead atoms. The van der Waals surface area contributed by atoms with Crippen LogP contribution in [0.2, 0.25) is 0 Å². The summed E-state index contributed by atoms with van der Waals surface area (Å²) in [6.45, 7) is 5.14. The van der Waals surface area contributed by atoms with Gasteiger partial charge in [0, 0.05) is 22.7 Å². The molecule has 218 valence electrons. The minimum absolute atomic E-state index is 0.00840. The Morgan fingerprint density at radius 3 is 2.51 bits per heavy atom. The summed E-state index contributed by atoms with van der Waals surface area (Å²) in [6, 6.07) is -0.946. The number of fused-ring (bicyclic) bond motifs is 2. The first-order valence-electron chi connectivity index (χ1n) is 13.0. The van der Waals surface area contributed by atoms with Gasteiger partial charge in [-0.2, -0.15) is 18.3 Å². The number of nitrogens with zero attached hydrogens (tertiary/aromatic N) is 4. The minimum Gasteiger partial charge on any atom is -0.309 e. The summed E-state index contributed by atoms with van der Waals surface area (Å²) in [7, 11) is -1.68. The monoisotopic (exact) mass is 595 g/mol. The fraction of sp³-hybridized carbons (Fsp3) is 0.462. The zero-order valence-electron chi connectivity index (χ0n) is 22.1. The number of hydrogen-bond acceptors (Lipinski definition) is 5. The first kappa shape index (κ1) is 27.7. The SMILES string of the molecule is CC(C)(C)S(=O)NC(c1c(F)c(C(F)(F)F)c(-c2cn3cc(NC(=O)C4CC4F)nc3cn2)c2cn[nH]c12)C1CC1. The maximum atomic E-state index is 16.3. The molecule has 15 heteroatoms. The van der Waals surface area contributed by atoms with Crippen LogP contribution >= 0.6 is 0 Å². The van der Waals surface area contributed by atoms with E-state index in [1.54, 1.807) is 20.8 Å². The van der Waals surface area contributed by atoms with E-state index in [4.69, 9.17) is 0 Å². The molecule has 4 aromatic rings. The van der Waals surface area contributed by atoms with Crippen molar-refractivity contribution in [3.63, 3.8) is 0 Å². The number of carbonyl (C=O) groups excluding carboxylic acids is 1. The van der Waals surface area contributed by atoms with Gasteiger partial charge in [-0.1, -0.05) is 0 Å². The van der Waals surface area contributed by atoms with Crippen LogP contribution in [0.25, 0.3) is 27.8 Å². The van der Waals surface area contributed by atoms with E-state index in [2.05, 4.69) is 30.2 Å². The van der Waals surface area contributed by atoms with Gasteiger partial charge in [0.1, 0.15) is 17.6 Å². The summed E-state index contributed by atoms with van der Waals surface area (Å²) in [5, 5.41) is 9.08. The highest BCUT2D eigenvalue weighted by Gasteiger charge is 2.45. The predicted molar refractivity (Wildman–Crippen MR) is 141 cm³/mol. The summed E-state index contributed by atoms with van der Waals surface area (Å²) < 4.78 is 89.8. The van der Waals surface area contributed by atoms with Crippen molar-refractivity contribution in [2.24, 2.45) is 11.8 Å². The average Bonchev–Trinajstić information content (AvgIpc) is 3.76. The lowest BCUT2D eigenvalue weighted by Crippen LogP contribution is -2.37. The predicted octanol–water partition coefficient (Wildman–Crippen LogP) is 5.23. The van der Waals surface area contributed by atoms with Crippen molar-refractivity contribution in [1.29, 1.82) is 0 Å². The Bertz CT molecular complexity index is 1710. The Kier molecular flexibility index (Phi) is 6.45. The van der Waals surface area contributed by atoms with Crippen LogP contribution in [0.4, 0.5) is 27.8 Å². The molecule has 0 aliphatic heterocycles. The number of anilines is 1. The molecule has 41 heavy (non-hydrogen) atoms.